The van der Waals surface area contributed by atoms with Crippen LogP contribution in [0, 0.1) is 6.92 Å². The number of hydrogen-bond donors (Lipinski definition) is 0. The van der Waals surface area contributed by atoms with Gasteiger partial charge in [0.1, 0.15) is 5.82 Å². The Labute approximate surface area is 209 Å². The molecule has 0 fully saturated rings. The Balaban J connectivity index is 1.38. The molecular formula is C27H28N4OS2. The van der Waals surface area contributed by atoms with Gasteiger partial charge in [-0.25, -0.2) is 0 Å². The van der Waals surface area contributed by atoms with Crippen LogP contribution in [-0.4, -0.2) is 31.3 Å². The summed E-state index contributed by atoms with van der Waals surface area (Å²) >= 11 is 3.17. The molecule has 0 N–H and O–H groups in total. The highest BCUT2D eigenvalue weighted by Gasteiger charge is 2.17. The Morgan fingerprint density at radius 2 is 1.41 bits per heavy atom. The topological polar surface area (TPSA) is 51.0 Å². The maximum absolute atomic E-state index is 13.2. The molecule has 0 spiro atoms. The van der Waals surface area contributed by atoms with Crippen molar-refractivity contribution in [2.45, 2.75) is 35.8 Å². The van der Waals surface area contributed by atoms with Gasteiger partial charge in [0.2, 0.25) is 5.91 Å². The number of carbonyl (C=O) groups is 1. The van der Waals surface area contributed by atoms with Crippen molar-refractivity contribution >= 4 is 29.4 Å². The second kappa shape index (κ2) is 11.9. The molecule has 4 aromatic rings. The first-order chi connectivity index (χ1) is 16.6. The number of aryl methyl sites for hydroxylation is 1. The van der Waals surface area contributed by atoms with E-state index in [-0.39, 0.29) is 5.91 Å². The van der Waals surface area contributed by atoms with E-state index in [0.717, 1.165) is 27.9 Å². The fraction of sp³-hybridized carbons (Fsp3) is 0.222. The van der Waals surface area contributed by atoms with Crippen LogP contribution in [0.25, 0.3) is 0 Å². The zero-order valence-corrected chi connectivity index (χ0v) is 21.1. The first-order valence-corrected chi connectivity index (χ1v) is 13.1. The predicted molar refractivity (Wildman–Crippen MR) is 140 cm³/mol. The first-order valence-electron chi connectivity index (χ1n) is 11.1. The number of carbonyl (C=O) groups excluding carboxylic acids is 1. The van der Waals surface area contributed by atoms with Crippen LogP contribution in [0.4, 0.5) is 0 Å². The summed E-state index contributed by atoms with van der Waals surface area (Å²) in [4.78, 5) is 16.3. The lowest BCUT2D eigenvalue weighted by Crippen LogP contribution is -2.31. The van der Waals surface area contributed by atoms with Crippen molar-refractivity contribution in [2.75, 3.05) is 5.75 Å². The highest BCUT2D eigenvalue weighted by molar-refractivity contribution is 7.99. The van der Waals surface area contributed by atoms with Crippen molar-refractivity contribution in [1.82, 2.24) is 19.7 Å². The molecule has 1 amide bonds. The SMILES string of the molecule is Cc1ccc(SCc2nnc(SCC(=O)N(Cc3ccccc3)Cc3ccccc3)n2C)cc1. The summed E-state index contributed by atoms with van der Waals surface area (Å²) in [7, 11) is 1.96. The summed E-state index contributed by atoms with van der Waals surface area (Å²) in [5.41, 5.74) is 3.48. The molecule has 0 radical (unpaired) electrons. The summed E-state index contributed by atoms with van der Waals surface area (Å²) in [6, 6.07) is 28.7. The number of aromatic nitrogens is 3. The van der Waals surface area contributed by atoms with Crippen molar-refractivity contribution in [3.63, 3.8) is 0 Å². The minimum Gasteiger partial charge on any atom is -0.333 e. The van der Waals surface area contributed by atoms with E-state index < -0.39 is 0 Å². The van der Waals surface area contributed by atoms with Crippen molar-refractivity contribution < 1.29 is 4.79 Å². The van der Waals surface area contributed by atoms with E-state index in [4.69, 9.17) is 0 Å². The number of benzene rings is 3. The van der Waals surface area contributed by atoms with Crippen LogP contribution in [0.2, 0.25) is 0 Å². The molecule has 3 aromatic carbocycles. The maximum atomic E-state index is 13.2. The Morgan fingerprint density at radius 1 is 0.824 bits per heavy atom. The van der Waals surface area contributed by atoms with Gasteiger partial charge in [0.05, 0.1) is 11.5 Å². The van der Waals surface area contributed by atoms with Gasteiger partial charge in [0, 0.05) is 25.0 Å². The van der Waals surface area contributed by atoms with E-state index >= 15 is 0 Å². The third kappa shape index (κ3) is 6.74. The van der Waals surface area contributed by atoms with Gasteiger partial charge < -0.3 is 9.47 Å². The van der Waals surface area contributed by atoms with Gasteiger partial charge in [-0.15, -0.1) is 22.0 Å². The smallest absolute Gasteiger partial charge is 0.233 e. The Morgan fingerprint density at radius 3 is 2.00 bits per heavy atom. The van der Waals surface area contributed by atoms with Crippen LogP contribution < -0.4 is 0 Å². The number of nitrogens with zero attached hydrogens (tertiary/aromatic N) is 4. The van der Waals surface area contributed by atoms with Crippen LogP contribution in [0.3, 0.4) is 0 Å². The molecule has 0 saturated carbocycles. The lowest BCUT2D eigenvalue weighted by molar-refractivity contribution is -0.129. The standard InChI is InChI=1S/C27H28N4OS2/c1-21-13-15-24(16-14-21)33-19-25-28-29-27(30(25)2)34-20-26(32)31(17-22-9-5-3-6-10-22)18-23-11-7-4-8-12-23/h3-16H,17-20H2,1-2H3. The molecule has 0 aliphatic carbocycles. The fourth-order valence-electron chi connectivity index (χ4n) is 3.44. The first kappa shape index (κ1) is 24.1. The van der Waals surface area contributed by atoms with Crippen LogP contribution >= 0.6 is 23.5 Å². The van der Waals surface area contributed by atoms with Crippen molar-refractivity contribution in [1.29, 1.82) is 0 Å². The molecule has 0 bridgehead atoms. The van der Waals surface area contributed by atoms with Gasteiger partial charge in [-0.1, -0.05) is 90.1 Å². The predicted octanol–water partition coefficient (Wildman–Crippen LogP) is 5.74. The van der Waals surface area contributed by atoms with Gasteiger partial charge in [-0.05, 0) is 30.2 Å². The van der Waals surface area contributed by atoms with Gasteiger partial charge in [0.25, 0.3) is 0 Å². The third-order valence-corrected chi connectivity index (χ3v) is 7.44. The van der Waals surface area contributed by atoms with Crippen LogP contribution in [0.1, 0.15) is 22.5 Å². The fourth-order valence-corrected chi connectivity index (χ4v) is 5.14. The molecule has 1 heterocycles. The lowest BCUT2D eigenvalue weighted by atomic mass is 10.1. The molecule has 0 saturated heterocycles. The molecular weight excluding hydrogens is 460 g/mol. The van der Waals surface area contributed by atoms with Crippen LogP contribution in [-0.2, 0) is 30.7 Å². The van der Waals surface area contributed by atoms with E-state index in [2.05, 4.69) is 65.7 Å². The number of rotatable bonds is 10. The van der Waals surface area contributed by atoms with Gasteiger partial charge >= 0.3 is 0 Å². The van der Waals surface area contributed by atoms with E-state index in [1.54, 1.807) is 11.8 Å². The van der Waals surface area contributed by atoms with Crippen LogP contribution in [0.5, 0.6) is 0 Å². The van der Waals surface area contributed by atoms with Gasteiger partial charge in [0.15, 0.2) is 5.16 Å². The highest BCUT2D eigenvalue weighted by Crippen LogP contribution is 2.24. The van der Waals surface area contributed by atoms with Gasteiger partial charge in [-0.3, -0.25) is 4.79 Å². The Bertz CT molecular complexity index is 1150. The third-order valence-electron chi connectivity index (χ3n) is 5.42. The zero-order valence-electron chi connectivity index (χ0n) is 19.4. The molecule has 0 unspecified atom stereocenters. The molecule has 4 rings (SSSR count). The molecule has 7 heteroatoms. The van der Waals surface area contributed by atoms with E-state index in [9.17, 15) is 4.79 Å². The van der Waals surface area contributed by atoms with Crippen LogP contribution in [0.15, 0.2) is 95.0 Å². The lowest BCUT2D eigenvalue weighted by Gasteiger charge is -2.23. The van der Waals surface area contributed by atoms with Crippen molar-refractivity contribution in [3.05, 3.63) is 107 Å². The highest BCUT2D eigenvalue weighted by atomic mass is 32.2. The molecule has 0 aliphatic rings. The summed E-state index contributed by atoms with van der Waals surface area (Å²) < 4.78 is 1.98. The maximum Gasteiger partial charge on any atom is 0.233 e. The molecule has 174 valence electrons. The summed E-state index contributed by atoms with van der Waals surface area (Å²) in [6.45, 7) is 3.24. The normalized spacial score (nSPS) is 10.9. The summed E-state index contributed by atoms with van der Waals surface area (Å²) in [5, 5.41) is 9.44. The molecule has 1 aromatic heterocycles. The largest absolute Gasteiger partial charge is 0.333 e. The number of amides is 1. The van der Waals surface area contributed by atoms with E-state index in [0.29, 0.717) is 18.8 Å². The second-order valence-corrected chi connectivity index (χ2v) is 10.1. The quantitative estimate of drug-likeness (QED) is 0.267. The van der Waals surface area contributed by atoms with E-state index in [1.165, 1.54) is 22.2 Å². The molecule has 5 nitrogen and oxygen atoms in total. The number of thioether (sulfide) groups is 2. The molecule has 34 heavy (non-hydrogen) atoms. The monoisotopic (exact) mass is 488 g/mol. The minimum atomic E-state index is 0.0799. The second-order valence-electron chi connectivity index (χ2n) is 8.07. The average molecular weight is 489 g/mol. The van der Waals surface area contributed by atoms with E-state index in [1.807, 2.05) is 52.9 Å². The zero-order chi connectivity index (χ0) is 23.8. The summed E-state index contributed by atoms with van der Waals surface area (Å²) in [5.74, 6) is 2.02. The Hall–Kier alpha value is -3.03. The van der Waals surface area contributed by atoms with Crippen molar-refractivity contribution in [3.8, 4) is 0 Å². The minimum absolute atomic E-state index is 0.0799. The van der Waals surface area contributed by atoms with Crippen molar-refractivity contribution in [2.24, 2.45) is 7.05 Å². The number of hydrogen-bond acceptors (Lipinski definition) is 5. The molecule has 0 aliphatic heterocycles. The van der Waals surface area contributed by atoms with Gasteiger partial charge in [-0.2, -0.15) is 0 Å². The Kier molecular flexibility index (Phi) is 8.44. The summed E-state index contributed by atoms with van der Waals surface area (Å²) in [6.07, 6.45) is 0. The average Bonchev–Trinajstić information content (AvgIpc) is 3.22. The molecule has 0 atom stereocenters.